The molecule has 0 unspecified atom stereocenters. The molecule has 27 heavy (non-hydrogen) atoms. The van der Waals surface area contributed by atoms with Gasteiger partial charge in [-0.25, -0.2) is 4.39 Å². The number of likely N-dealkylation sites (N-methyl/N-ethyl adjacent to an activating group) is 1. The van der Waals surface area contributed by atoms with Gasteiger partial charge in [-0.2, -0.15) is 0 Å². The van der Waals surface area contributed by atoms with E-state index in [9.17, 15) is 4.39 Å². The van der Waals surface area contributed by atoms with Crippen LogP contribution in [0, 0.1) is 5.82 Å². The summed E-state index contributed by atoms with van der Waals surface area (Å²) in [6.45, 7) is 4.72. The molecule has 2 saturated heterocycles. The molecule has 1 atom stereocenters. The van der Waals surface area contributed by atoms with Crippen LogP contribution in [0.5, 0.6) is 0 Å². The van der Waals surface area contributed by atoms with Crippen LogP contribution in [0.2, 0.25) is 0 Å². The molecule has 0 amide bonds. The van der Waals surface area contributed by atoms with E-state index in [2.05, 4.69) is 34.0 Å². The van der Waals surface area contributed by atoms with Gasteiger partial charge in [0.25, 0.3) is 0 Å². The summed E-state index contributed by atoms with van der Waals surface area (Å²) in [6.07, 6.45) is 6.97. The number of benzene rings is 1. The van der Waals surface area contributed by atoms with Crippen LogP contribution in [-0.2, 0) is 17.8 Å². The number of nitrogens with zero attached hydrogens (tertiary/aromatic N) is 3. The number of pyridine rings is 1. The number of aromatic nitrogens is 1. The maximum absolute atomic E-state index is 13.1. The Kier molecular flexibility index (Phi) is 5.53. The average Bonchev–Trinajstić information content (AvgIpc) is 3.10. The summed E-state index contributed by atoms with van der Waals surface area (Å²) < 4.78 is 19.4. The number of hydrogen-bond acceptors (Lipinski definition) is 4. The third-order valence-electron chi connectivity index (χ3n) is 6.08. The van der Waals surface area contributed by atoms with Crippen molar-refractivity contribution in [1.82, 2.24) is 14.8 Å². The van der Waals surface area contributed by atoms with Crippen molar-refractivity contribution in [2.24, 2.45) is 0 Å². The zero-order valence-electron chi connectivity index (χ0n) is 16.0. The van der Waals surface area contributed by atoms with Crippen LogP contribution in [0.1, 0.15) is 30.4 Å². The number of piperidine rings is 1. The molecule has 2 aliphatic rings. The van der Waals surface area contributed by atoms with Gasteiger partial charge < -0.3 is 4.74 Å². The highest BCUT2D eigenvalue weighted by Crippen LogP contribution is 2.38. The minimum absolute atomic E-state index is 0.0382. The highest BCUT2D eigenvalue weighted by Gasteiger charge is 2.43. The Hall–Kier alpha value is -1.82. The maximum atomic E-state index is 13.1. The normalized spacial score (nSPS) is 22.6. The molecule has 2 fully saturated rings. The maximum Gasteiger partial charge on any atom is 0.123 e. The van der Waals surface area contributed by atoms with Crippen molar-refractivity contribution in [3.8, 4) is 0 Å². The van der Waals surface area contributed by atoms with Crippen molar-refractivity contribution in [1.29, 1.82) is 0 Å². The minimum atomic E-state index is -0.169. The molecule has 0 aliphatic carbocycles. The van der Waals surface area contributed by atoms with Crippen LogP contribution in [-0.4, -0.2) is 53.2 Å². The van der Waals surface area contributed by atoms with Crippen LogP contribution in [0.4, 0.5) is 4.39 Å². The van der Waals surface area contributed by atoms with Crippen molar-refractivity contribution >= 4 is 0 Å². The van der Waals surface area contributed by atoms with E-state index in [0.717, 1.165) is 52.0 Å². The molecule has 0 saturated carbocycles. The predicted octanol–water partition coefficient (Wildman–Crippen LogP) is 3.48. The standard InChI is InChI=1S/C22H28FN3O/c1-25(15-19-6-10-24-11-7-19)21-14-22(27-17-21)8-12-26(13-9-22)16-18-2-4-20(23)5-3-18/h2-7,10-11,21H,8-9,12-17H2,1H3/t21-/m0/s1. The molecule has 1 spiro atoms. The summed E-state index contributed by atoms with van der Waals surface area (Å²) >= 11 is 0. The summed E-state index contributed by atoms with van der Waals surface area (Å²) in [7, 11) is 2.19. The first kappa shape index (κ1) is 18.5. The SMILES string of the molecule is CN(Cc1ccncc1)[C@@H]1COC2(CCN(Cc3ccc(F)cc3)CC2)C1. The molecule has 0 radical (unpaired) electrons. The summed E-state index contributed by atoms with van der Waals surface area (Å²) in [5.41, 5.74) is 2.51. The fourth-order valence-corrected chi connectivity index (χ4v) is 4.32. The van der Waals surface area contributed by atoms with Gasteiger partial charge in [-0.1, -0.05) is 12.1 Å². The van der Waals surface area contributed by atoms with Gasteiger partial charge in [-0.3, -0.25) is 14.8 Å². The van der Waals surface area contributed by atoms with Crippen LogP contribution >= 0.6 is 0 Å². The topological polar surface area (TPSA) is 28.6 Å². The molecular formula is C22H28FN3O. The van der Waals surface area contributed by atoms with Crippen molar-refractivity contribution < 1.29 is 9.13 Å². The highest BCUT2D eigenvalue weighted by atomic mass is 19.1. The van der Waals surface area contributed by atoms with Gasteiger partial charge in [-0.15, -0.1) is 0 Å². The molecular weight excluding hydrogens is 341 g/mol. The Morgan fingerprint density at radius 3 is 2.52 bits per heavy atom. The van der Waals surface area contributed by atoms with Gasteiger partial charge in [0, 0.05) is 44.6 Å². The van der Waals surface area contributed by atoms with Crippen molar-refractivity contribution in [3.05, 3.63) is 65.7 Å². The van der Waals surface area contributed by atoms with Gasteiger partial charge in [0.1, 0.15) is 5.82 Å². The van der Waals surface area contributed by atoms with E-state index in [1.54, 1.807) is 12.1 Å². The lowest BCUT2D eigenvalue weighted by molar-refractivity contribution is -0.0452. The Morgan fingerprint density at radius 2 is 1.81 bits per heavy atom. The quantitative estimate of drug-likeness (QED) is 0.807. The Labute approximate surface area is 161 Å². The number of rotatable bonds is 5. The van der Waals surface area contributed by atoms with Crippen LogP contribution in [0.25, 0.3) is 0 Å². The molecule has 1 aromatic heterocycles. The third kappa shape index (κ3) is 4.54. The minimum Gasteiger partial charge on any atom is -0.373 e. The molecule has 5 heteroatoms. The van der Waals surface area contributed by atoms with Gasteiger partial charge in [-0.05, 0) is 61.7 Å². The van der Waals surface area contributed by atoms with E-state index >= 15 is 0 Å². The predicted molar refractivity (Wildman–Crippen MR) is 104 cm³/mol. The fraction of sp³-hybridized carbons (Fsp3) is 0.500. The van der Waals surface area contributed by atoms with Crippen molar-refractivity contribution in [2.45, 2.75) is 44.0 Å². The summed E-state index contributed by atoms with van der Waals surface area (Å²) in [5, 5.41) is 0. The molecule has 4 rings (SSSR count). The second kappa shape index (κ2) is 8.05. The van der Waals surface area contributed by atoms with Gasteiger partial charge in [0.05, 0.1) is 12.2 Å². The summed E-state index contributed by atoms with van der Waals surface area (Å²) in [5.74, 6) is -0.169. The van der Waals surface area contributed by atoms with E-state index in [1.807, 2.05) is 24.5 Å². The van der Waals surface area contributed by atoms with Crippen molar-refractivity contribution in [3.63, 3.8) is 0 Å². The molecule has 2 aromatic rings. The van der Waals surface area contributed by atoms with Gasteiger partial charge in [0.15, 0.2) is 0 Å². The average molecular weight is 369 g/mol. The molecule has 0 N–H and O–H groups in total. The monoisotopic (exact) mass is 369 g/mol. The molecule has 0 bridgehead atoms. The Bertz CT molecular complexity index is 729. The van der Waals surface area contributed by atoms with Gasteiger partial charge in [0.2, 0.25) is 0 Å². The molecule has 4 nitrogen and oxygen atoms in total. The van der Waals surface area contributed by atoms with E-state index in [-0.39, 0.29) is 11.4 Å². The van der Waals surface area contributed by atoms with Crippen molar-refractivity contribution in [2.75, 3.05) is 26.7 Å². The smallest absolute Gasteiger partial charge is 0.123 e. The van der Waals surface area contributed by atoms with E-state index < -0.39 is 0 Å². The first-order valence-electron chi connectivity index (χ1n) is 9.82. The molecule has 144 valence electrons. The highest BCUT2D eigenvalue weighted by molar-refractivity contribution is 5.16. The first-order valence-corrected chi connectivity index (χ1v) is 9.82. The van der Waals surface area contributed by atoms with Gasteiger partial charge >= 0.3 is 0 Å². The van der Waals surface area contributed by atoms with E-state index in [0.29, 0.717) is 6.04 Å². The molecule has 1 aromatic carbocycles. The lowest BCUT2D eigenvalue weighted by Gasteiger charge is -2.39. The van der Waals surface area contributed by atoms with Crippen LogP contribution in [0.15, 0.2) is 48.8 Å². The summed E-state index contributed by atoms with van der Waals surface area (Å²) in [6, 6.07) is 11.5. The zero-order chi connectivity index (χ0) is 18.7. The Balaban J connectivity index is 1.28. The Morgan fingerprint density at radius 1 is 1.11 bits per heavy atom. The number of ether oxygens (including phenoxy) is 1. The molecule has 3 heterocycles. The lowest BCUT2D eigenvalue weighted by atomic mass is 9.87. The first-order chi connectivity index (χ1) is 13.1. The third-order valence-corrected chi connectivity index (χ3v) is 6.08. The molecule has 2 aliphatic heterocycles. The number of hydrogen-bond donors (Lipinski definition) is 0. The largest absolute Gasteiger partial charge is 0.373 e. The van der Waals surface area contributed by atoms with E-state index in [4.69, 9.17) is 4.74 Å². The van der Waals surface area contributed by atoms with Crippen LogP contribution < -0.4 is 0 Å². The second-order valence-corrected chi connectivity index (χ2v) is 8.03. The summed E-state index contributed by atoms with van der Waals surface area (Å²) in [4.78, 5) is 8.96. The fourth-order valence-electron chi connectivity index (χ4n) is 4.32. The van der Waals surface area contributed by atoms with E-state index in [1.165, 1.54) is 11.1 Å². The van der Waals surface area contributed by atoms with Crippen LogP contribution in [0.3, 0.4) is 0 Å². The zero-order valence-corrected chi connectivity index (χ0v) is 16.0. The number of halogens is 1. The number of likely N-dealkylation sites (tertiary alicyclic amines) is 1. The lowest BCUT2D eigenvalue weighted by Crippen LogP contribution is -2.44. The second-order valence-electron chi connectivity index (χ2n) is 8.03.